The van der Waals surface area contributed by atoms with Crippen molar-refractivity contribution in [3.63, 3.8) is 0 Å². The summed E-state index contributed by atoms with van der Waals surface area (Å²) in [6.07, 6.45) is 4.39. The number of urea groups is 1. The van der Waals surface area contributed by atoms with Gasteiger partial charge in [-0.05, 0) is 51.0 Å². The normalized spacial score (nSPS) is 13.2. The number of para-hydroxylation sites is 1. The number of hydrogen-bond donors (Lipinski definition) is 3. The molecular weight excluding hydrogens is 404 g/mol. The first kappa shape index (κ1) is 21.5. The van der Waals surface area contributed by atoms with Gasteiger partial charge in [0.2, 0.25) is 0 Å². The minimum atomic E-state index is -0.352. The molecule has 0 unspecified atom stereocenters. The molecule has 1 aromatic heterocycles. The van der Waals surface area contributed by atoms with E-state index < -0.39 is 0 Å². The van der Waals surface area contributed by atoms with Gasteiger partial charge in [0.05, 0.1) is 11.3 Å². The quantitative estimate of drug-likeness (QED) is 0.554. The van der Waals surface area contributed by atoms with Crippen molar-refractivity contribution in [2.45, 2.75) is 52.1 Å². The molecule has 4 rings (SSSR count). The van der Waals surface area contributed by atoms with E-state index in [1.165, 1.54) is 6.42 Å². The molecule has 3 N–H and O–H groups in total. The SMILES string of the molecule is CC(C)NC(=O)Nc1ccccc1C(=O)Nc1cccc(-c2nnc3n2CCCCC3)c1. The highest BCUT2D eigenvalue weighted by Crippen LogP contribution is 2.25. The van der Waals surface area contributed by atoms with E-state index in [0.717, 1.165) is 43.0 Å². The Hall–Kier alpha value is -3.68. The van der Waals surface area contributed by atoms with Gasteiger partial charge in [-0.1, -0.05) is 30.7 Å². The summed E-state index contributed by atoms with van der Waals surface area (Å²) in [5, 5.41) is 17.2. The second kappa shape index (κ2) is 9.64. The molecule has 166 valence electrons. The molecule has 3 amide bonds. The van der Waals surface area contributed by atoms with E-state index in [1.807, 2.05) is 38.1 Å². The van der Waals surface area contributed by atoms with Crippen molar-refractivity contribution in [1.29, 1.82) is 0 Å². The number of amides is 3. The van der Waals surface area contributed by atoms with E-state index in [9.17, 15) is 9.59 Å². The largest absolute Gasteiger partial charge is 0.336 e. The van der Waals surface area contributed by atoms with E-state index in [0.29, 0.717) is 16.9 Å². The van der Waals surface area contributed by atoms with Crippen molar-refractivity contribution >= 4 is 23.3 Å². The molecule has 8 nitrogen and oxygen atoms in total. The van der Waals surface area contributed by atoms with Crippen LogP contribution in [0.25, 0.3) is 11.4 Å². The number of aryl methyl sites for hydroxylation is 1. The molecule has 8 heteroatoms. The molecule has 2 aromatic carbocycles. The van der Waals surface area contributed by atoms with Gasteiger partial charge >= 0.3 is 6.03 Å². The molecular formula is C24H28N6O2. The Kier molecular flexibility index (Phi) is 6.49. The molecule has 2 heterocycles. The topological polar surface area (TPSA) is 101 Å². The Morgan fingerprint density at radius 3 is 2.66 bits per heavy atom. The van der Waals surface area contributed by atoms with E-state index in [1.54, 1.807) is 24.3 Å². The average molecular weight is 433 g/mol. The second-order valence-corrected chi connectivity index (χ2v) is 8.24. The number of carbonyl (C=O) groups excluding carboxylic acids is 2. The van der Waals surface area contributed by atoms with E-state index in [2.05, 4.69) is 30.7 Å². The molecule has 32 heavy (non-hydrogen) atoms. The van der Waals surface area contributed by atoms with Crippen LogP contribution in [0.3, 0.4) is 0 Å². The smallest absolute Gasteiger partial charge is 0.319 e. The number of hydrogen-bond acceptors (Lipinski definition) is 4. The standard InChI is InChI=1S/C24H28N6O2/c1-16(2)25-24(32)27-20-12-6-5-11-19(20)23(31)26-18-10-8-9-17(15-18)22-29-28-21-13-4-3-7-14-30(21)22/h5-6,8-12,15-16H,3-4,7,13-14H2,1-2H3,(H,26,31)(H2,25,27,32). The van der Waals surface area contributed by atoms with Crippen molar-refractivity contribution in [3.05, 3.63) is 59.9 Å². The van der Waals surface area contributed by atoms with Crippen LogP contribution in [0, 0.1) is 0 Å². The first-order valence-electron chi connectivity index (χ1n) is 11.0. The highest BCUT2D eigenvalue weighted by molar-refractivity contribution is 6.10. The Labute approximate surface area is 187 Å². The van der Waals surface area contributed by atoms with Gasteiger partial charge in [-0.15, -0.1) is 10.2 Å². The summed E-state index contributed by atoms with van der Waals surface area (Å²) in [4.78, 5) is 25.1. The van der Waals surface area contributed by atoms with Crippen molar-refractivity contribution in [2.75, 3.05) is 10.6 Å². The third-order valence-corrected chi connectivity index (χ3v) is 5.33. The lowest BCUT2D eigenvalue weighted by Gasteiger charge is -2.14. The zero-order valence-electron chi connectivity index (χ0n) is 18.4. The molecule has 0 fully saturated rings. The number of aromatic nitrogens is 3. The van der Waals surface area contributed by atoms with E-state index >= 15 is 0 Å². The lowest BCUT2D eigenvalue weighted by atomic mass is 10.1. The third-order valence-electron chi connectivity index (χ3n) is 5.33. The van der Waals surface area contributed by atoms with Gasteiger partial charge in [-0.2, -0.15) is 0 Å². The second-order valence-electron chi connectivity index (χ2n) is 8.24. The van der Waals surface area contributed by atoms with Crippen molar-refractivity contribution in [1.82, 2.24) is 20.1 Å². The van der Waals surface area contributed by atoms with Crippen LogP contribution in [0.1, 0.15) is 49.3 Å². The molecule has 0 radical (unpaired) electrons. The summed E-state index contributed by atoms with van der Waals surface area (Å²) >= 11 is 0. The zero-order valence-corrected chi connectivity index (χ0v) is 18.4. The Morgan fingerprint density at radius 2 is 1.81 bits per heavy atom. The van der Waals surface area contributed by atoms with Crippen molar-refractivity contribution in [2.24, 2.45) is 0 Å². The minimum Gasteiger partial charge on any atom is -0.336 e. The molecule has 0 spiro atoms. The minimum absolute atomic E-state index is 0.00840. The van der Waals surface area contributed by atoms with Gasteiger partial charge < -0.3 is 20.5 Å². The van der Waals surface area contributed by atoms with E-state index in [4.69, 9.17) is 0 Å². The van der Waals surface area contributed by atoms with Crippen LogP contribution in [0.15, 0.2) is 48.5 Å². The fourth-order valence-corrected chi connectivity index (χ4v) is 3.84. The first-order valence-corrected chi connectivity index (χ1v) is 11.0. The van der Waals surface area contributed by atoms with Crippen LogP contribution >= 0.6 is 0 Å². The summed E-state index contributed by atoms with van der Waals surface area (Å²) in [7, 11) is 0. The van der Waals surface area contributed by atoms with Crippen LogP contribution in [-0.2, 0) is 13.0 Å². The Balaban J connectivity index is 1.53. The van der Waals surface area contributed by atoms with Gasteiger partial charge in [0.15, 0.2) is 5.82 Å². The highest BCUT2D eigenvalue weighted by atomic mass is 16.2. The van der Waals surface area contributed by atoms with E-state index in [-0.39, 0.29) is 18.0 Å². The number of nitrogens with one attached hydrogen (secondary N) is 3. The van der Waals surface area contributed by atoms with Crippen LogP contribution in [-0.4, -0.2) is 32.7 Å². The summed E-state index contributed by atoms with van der Waals surface area (Å²) in [5.74, 6) is 1.54. The maximum Gasteiger partial charge on any atom is 0.319 e. The molecule has 0 saturated heterocycles. The number of nitrogens with zero attached hydrogens (tertiary/aromatic N) is 3. The summed E-state index contributed by atoms with van der Waals surface area (Å²) < 4.78 is 2.18. The van der Waals surface area contributed by atoms with Gasteiger partial charge in [0.25, 0.3) is 5.91 Å². The molecule has 0 aliphatic carbocycles. The third kappa shape index (κ3) is 4.96. The number of carbonyl (C=O) groups is 2. The maximum atomic E-state index is 13.0. The predicted octanol–water partition coefficient (Wildman–Crippen LogP) is 4.45. The Bertz CT molecular complexity index is 1120. The van der Waals surface area contributed by atoms with Gasteiger partial charge in [-0.3, -0.25) is 4.79 Å². The maximum absolute atomic E-state index is 13.0. The lowest BCUT2D eigenvalue weighted by Crippen LogP contribution is -2.34. The number of fused-ring (bicyclic) bond motifs is 1. The van der Waals surface area contributed by atoms with Gasteiger partial charge in [0.1, 0.15) is 5.82 Å². The van der Waals surface area contributed by atoms with Crippen molar-refractivity contribution in [3.8, 4) is 11.4 Å². The lowest BCUT2D eigenvalue weighted by molar-refractivity contribution is 0.102. The first-order chi connectivity index (χ1) is 15.5. The summed E-state index contributed by atoms with van der Waals surface area (Å²) in [6, 6.07) is 14.2. The Morgan fingerprint density at radius 1 is 0.969 bits per heavy atom. The molecule has 3 aromatic rings. The molecule has 0 bridgehead atoms. The monoisotopic (exact) mass is 432 g/mol. The number of benzene rings is 2. The molecule has 0 saturated carbocycles. The zero-order chi connectivity index (χ0) is 22.5. The fourth-order valence-electron chi connectivity index (χ4n) is 3.84. The molecule has 0 atom stereocenters. The van der Waals surface area contributed by atoms with Crippen LogP contribution < -0.4 is 16.0 Å². The number of rotatable bonds is 5. The van der Waals surface area contributed by atoms with Crippen LogP contribution in [0.2, 0.25) is 0 Å². The van der Waals surface area contributed by atoms with Gasteiger partial charge in [-0.25, -0.2) is 4.79 Å². The van der Waals surface area contributed by atoms with Crippen molar-refractivity contribution < 1.29 is 9.59 Å². The highest BCUT2D eigenvalue weighted by Gasteiger charge is 2.17. The van der Waals surface area contributed by atoms with Crippen LogP contribution in [0.5, 0.6) is 0 Å². The molecule has 1 aliphatic rings. The average Bonchev–Trinajstić information content (AvgIpc) is 3.02. The van der Waals surface area contributed by atoms with Gasteiger partial charge in [0, 0.05) is 30.3 Å². The molecule has 1 aliphatic heterocycles. The predicted molar refractivity (Wildman–Crippen MR) is 125 cm³/mol. The summed E-state index contributed by atoms with van der Waals surface area (Å²) in [6.45, 7) is 4.66. The number of anilines is 2. The van der Waals surface area contributed by atoms with Crippen LogP contribution in [0.4, 0.5) is 16.2 Å². The summed E-state index contributed by atoms with van der Waals surface area (Å²) in [5.41, 5.74) is 2.39. The fraction of sp³-hybridized carbons (Fsp3) is 0.333.